The van der Waals surface area contributed by atoms with Crippen molar-refractivity contribution in [1.29, 1.82) is 0 Å². The fourth-order valence-corrected chi connectivity index (χ4v) is 3.65. The van der Waals surface area contributed by atoms with Crippen LogP contribution in [0.1, 0.15) is 24.8 Å². The van der Waals surface area contributed by atoms with Gasteiger partial charge in [0.25, 0.3) is 0 Å². The van der Waals surface area contributed by atoms with Gasteiger partial charge in [-0.3, -0.25) is 0 Å². The van der Waals surface area contributed by atoms with Crippen LogP contribution in [0.2, 0.25) is 0 Å². The summed E-state index contributed by atoms with van der Waals surface area (Å²) in [4.78, 5) is -0.396. The molecule has 0 radical (unpaired) electrons. The number of benzene rings is 1. The van der Waals surface area contributed by atoms with E-state index in [2.05, 4.69) is 4.72 Å². The van der Waals surface area contributed by atoms with Gasteiger partial charge in [0.1, 0.15) is 0 Å². The van der Waals surface area contributed by atoms with Gasteiger partial charge < -0.3 is 5.73 Å². The maximum Gasteiger partial charge on any atom is 0.416 e. The van der Waals surface area contributed by atoms with Crippen LogP contribution in [0.25, 0.3) is 0 Å². The molecule has 0 bridgehead atoms. The number of hydrogen-bond donors (Lipinski definition) is 2. The summed E-state index contributed by atoms with van der Waals surface area (Å²) in [6, 6.07) is 3.68. The topological polar surface area (TPSA) is 72.2 Å². The van der Waals surface area contributed by atoms with Crippen molar-refractivity contribution >= 4 is 10.0 Å². The fraction of sp³-hybridized carbons (Fsp3) is 0.500. The van der Waals surface area contributed by atoms with Crippen molar-refractivity contribution in [2.75, 3.05) is 6.54 Å². The lowest BCUT2D eigenvalue weighted by atomic mass is 9.78. The molecule has 0 atom stereocenters. The SMILES string of the molecule is NCC1(NS(=O)(=O)c2cccc(C(F)(F)F)c2)CCC1. The summed E-state index contributed by atoms with van der Waals surface area (Å²) in [7, 11) is -4.00. The molecule has 112 valence electrons. The summed E-state index contributed by atoms with van der Waals surface area (Å²) in [6.07, 6.45) is -2.53. The highest BCUT2D eigenvalue weighted by Crippen LogP contribution is 2.34. The number of sulfonamides is 1. The second-order valence-corrected chi connectivity index (χ2v) is 6.65. The lowest BCUT2D eigenvalue weighted by molar-refractivity contribution is -0.137. The number of alkyl halides is 3. The molecule has 0 aromatic heterocycles. The molecule has 8 heteroatoms. The highest BCUT2D eigenvalue weighted by Gasteiger charge is 2.40. The van der Waals surface area contributed by atoms with Crippen molar-refractivity contribution in [3.63, 3.8) is 0 Å². The Bertz CT molecular complexity index is 589. The predicted octanol–water partition coefficient (Wildman–Crippen LogP) is 1.87. The van der Waals surface area contributed by atoms with E-state index in [4.69, 9.17) is 5.73 Å². The van der Waals surface area contributed by atoms with Gasteiger partial charge >= 0.3 is 6.18 Å². The van der Waals surface area contributed by atoms with Crippen LogP contribution in [-0.2, 0) is 16.2 Å². The largest absolute Gasteiger partial charge is 0.416 e. The summed E-state index contributed by atoms with van der Waals surface area (Å²) < 4.78 is 64.5. The van der Waals surface area contributed by atoms with Crippen molar-refractivity contribution in [1.82, 2.24) is 4.72 Å². The molecule has 1 saturated carbocycles. The van der Waals surface area contributed by atoms with Crippen molar-refractivity contribution in [2.45, 2.75) is 35.9 Å². The molecular weight excluding hydrogens is 293 g/mol. The molecule has 0 saturated heterocycles. The normalized spacial score (nSPS) is 18.6. The van der Waals surface area contributed by atoms with Crippen LogP contribution in [0, 0.1) is 0 Å². The predicted molar refractivity (Wildman–Crippen MR) is 67.4 cm³/mol. The van der Waals surface area contributed by atoms with E-state index in [1.54, 1.807) is 0 Å². The minimum atomic E-state index is -4.58. The Balaban J connectivity index is 2.30. The van der Waals surface area contributed by atoms with E-state index in [0.29, 0.717) is 18.9 Å². The number of rotatable bonds is 4. The Hall–Kier alpha value is -1.12. The summed E-state index contributed by atoms with van der Waals surface area (Å²) in [6.45, 7) is 0.130. The molecule has 4 nitrogen and oxygen atoms in total. The molecule has 0 aliphatic heterocycles. The van der Waals surface area contributed by atoms with Crippen LogP contribution in [0.3, 0.4) is 0 Å². The summed E-state index contributed by atoms with van der Waals surface area (Å²) in [5.74, 6) is 0. The van der Waals surface area contributed by atoms with E-state index in [9.17, 15) is 21.6 Å². The average Bonchev–Trinajstić information content (AvgIpc) is 2.33. The molecule has 0 unspecified atom stereocenters. The van der Waals surface area contributed by atoms with E-state index in [1.807, 2.05) is 0 Å². The van der Waals surface area contributed by atoms with Gasteiger partial charge in [-0.25, -0.2) is 13.1 Å². The first-order valence-electron chi connectivity index (χ1n) is 6.10. The summed E-state index contributed by atoms with van der Waals surface area (Å²) >= 11 is 0. The lowest BCUT2D eigenvalue weighted by Crippen LogP contribution is -2.58. The molecule has 0 amide bonds. The smallest absolute Gasteiger partial charge is 0.329 e. The number of hydrogen-bond acceptors (Lipinski definition) is 3. The molecule has 0 heterocycles. The van der Waals surface area contributed by atoms with Gasteiger partial charge in [-0.1, -0.05) is 6.07 Å². The Morgan fingerprint density at radius 1 is 1.30 bits per heavy atom. The van der Waals surface area contributed by atoms with Crippen molar-refractivity contribution in [2.24, 2.45) is 5.73 Å². The molecule has 1 aromatic rings. The number of nitrogens with one attached hydrogen (secondary N) is 1. The first-order valence-corrected chi connectivity index (χ1v) is 7.58. The Morgan fingerprint density at radius 2 is 1.95 bits per heavy atom. The molecule has 1 aliphatic carbocycles. The average molecular weight is 308 g/mol. The molecule has 2 rings (SSSR count). The second-order valence-electron chi connectivity index (χ2n) is 4.97. The van der Waals surface area contributed by atoms with Crippen LogP contribution in [-0.4, -0.2) is 20.5 Å². The Morgan fingerprint density at radius 3 is 2.40 bits per heavy atom. The third kappa shape index (κ3) is 2.97. The minimum Gasteiger partial charge on any atom is -0.329 e. The number of halogens is 3. The minimum absolute atomic E-state index is 0.130. The second kappa shape index (κ2) is 5.01. The summed E-state index contributed by atoms with van der Waals surface area (Å²) in [5.41, 5.74) is 3.84. The Labute approximate surface area is 115 Å². The van der Waals surface area contributed by atoms with E-state index in [1.165, 1.54) is 0 Å². The molecule has 20 heavy (non-hydrogen) atoms. The van der Waals surface area contributed by atoms with Gasteiger partial charge in [-0.2, -0.15) is 13.2 Å². The van der Waals surface area contributed by atoms with Gasteiger partial charge in [-0.05, 0) is 37.5 Å². The quantitative estimate of drug-likeness (QED) is 0.892. The van der Waals surface area contributed by atoms with Gasteiger partial charge in [-0.15, -0.1) is 0 Å². The van der Waals surface area contributed by atoms with Gasteiger partial charge in [0, 0.05) is 12.1 Å². The highest BCUT2D eigenvalue weighted by molar-refractivity contribution is 7.89. The zero-order chi connectivity index (χ0) is 15.0. The van der Waals surface area contributed by atoms with E-state index < -0.39 is 32.2 Å². The maximum atomic E-state index is 12.6. The standard InChI is InChI=1S/C12H15F3N2O2S/c13-12(14,15)9-3-1-4-10(7-9)20(18,19)17-11(8-16)5-2-6-11/h1,3-4,7,17H,2,5-6,8,16H2. The highest BCUT2D eigenvalue weighted by atomic mass is 32.2. The van der Waals surface area contributed by atoms with Crippen LogP contribution in [0.5, 0.6) is 0 Å². The van der Waals surface area contributed by atoms with Crippen molar-refractivity contribution in [3.8, 4) is 0 Å². The van der Waals surface area contributed by atoms with Gasteiger partial charge in [0.2, 0.25) is 10.0 Å². The molecular formula is C12H15F3N2O2S. The number of nitrogens with two attached hydrogens (primary N) is 1. The first-order chi connectivity index (χ1) is 9.19. The third-order valence-corrected chi connectivity index (χ3v) is 5.10. The van der Waals surface area contributed by atoms with Crippen LogP contribution >= 0.6 is 0 Å². The van der Waals surface area contributed by atoms with Gasteiger partial charge in [0.05, 0.1) is 10.5 Å². The molecule has 3 N–H and O–H groups in total. The Kier molecular flexibility index (Phi) is 3.83. The summed E-state index contributed by atoms with van der Waals surface area (Å²) in [5, 5.41) is 0. The maximum absolute atomic E-state index is 12.6. The molecule has 0 spiro atoms. The van der Waals surface area contributed by atoms with Crippen LogP contribution < -0.4 is 10.5 Å². The van der Waals surface area contributed by atoms with E-state index >= 15 is 0 Å². The molecule has 1 fully saturated rings. The fourth-order valence-electron chi connectivity index (χ4n) is 2.13. The monoisotopic (exact) mass is 308 g/mol. The third-order valence-electron chi connectivity index (χ3n) is 3.52. The van der Waals surface area contributed by atoms with Crippen molar-refractivity contribution < 1.29 is 21.6 Å². The molecule has 1 aliphatic rings. The van der Waals surface area contributed by atoms with Crippen LogP contribution in [0.15, 0.2) is 29.2 Å². The first kappa shape index (κ1) is 15.3. The van der Waals surface area contributed by atoms with Crippen LogP contribution in [0.4, 0.5) is 13.2 Å². The lowest BCUT2D eigenvalue weighted by Gasteiger charge is -2.41. The van der Waals surface area contributed by atoms with Gasteiger partial charge in [0.15, 0.2) is 0 Å². The molecule has 1 aromatic carbocycles. The zero-order valence-corrected chi connectivity index (χ0v) is 11.4. The van der Waals surface area contributed by atoms with E-state index in [-0.39, 0.29) is 6.54 Å². The van der Waals surface area contributed by atoms with Crippen molar-refractivity contribution in [3.05, 3.63) is 29.8 Å². The van der Waals surface area contributed by atoms with E-state index in [0.717, 1.165) is 24.6 Å². The zero-order valence-electron chi connectivity index (χ0n) is 10.6.